The Morgan fingerprint density at radius 3 is 2.03 bits per heavy atom. The molecule has 0 spiro atoms. The van der Waals surface area contributed by atoms with E-state index in [1.807, 2.05) is 30.3 Å². The number of carbonyl (C=O) groups excluding carboxylic acids is 3. The van der Waals surface area contributed by atoms with E-state index in [1.165, 1.54) is 57.7 Å². The van der Waals surface area contributed by atoms with Crippen LogP contribution in [0, 0.1) is 0 Å². The van der Waals surface area contributed by atoms with E-state index in [0.29, 0.717) is 12.2 Å². The van der Waals surface area contributed by atoms with E-state index >= 15 is 0 Å². The van der Waals surface area contributed by atoms with Crippen molar-refractivity contribution in [1.29, 1.82) is 0 Å². The lowest BCUT2D eigenvalue weighted by Gasteiger charge is -2.22. The summed E-state index contributed by atoms with van der Waals surface area (Å²) in [4.78, 5) is 37.1. The molecule has 0 atom stereocenters. The number of rotatable bonds is 11. The number of hydrogen-bond donors (Lipinski definition) is 1. The van der Waals surface area contributed by atoms with Gasteiger partial charge >= 0.3 is 11.9 Å². The van der Waals surface area contributed by atoms with Gasteiger partial charge in [0.05, 0.1) is 48.9 Å². The van der Waals surface area contributed by atoms with E-state index in [1.54, 1.807) is 0 Å². The van der Waals surface area contributed by atoms with Crippen molar-refractivity contribution in [3.05, 3.63) is 88.4 Å². The Morgan fingerprint density at radius 2 is 1.49 bits per heavy atom. The van der Waals surface area contributed by atoms with Gasteiger partial charge in [-0.25, -0.2) is 18.0 Å². The zero-order valence-electron chi connectivity index (χ0n) is 21.5. The van der Waals surface area contributed by atoms with Gasteiger partial charge in [-0.2, -0.15) is 4.31 Å². The van der Waals surface area contributed by atoms with Crippen molar-refractivity contribution in [2.75, 3.05) is 39.7 Å². The number of carbonyl (C=O) groups is 3. The van der Waals surface area contributed by atoms with E-state index in [0.717, 1.165) is 9.87 Å². The minimum absolute atomic E-state index is 0.00266. The van der Waals surface area contributed by atoms with Crippen LogP contribution in [-0.2, 0) is 30.7 Å². The quantitative estimate of drug-likeness (QED) is 0.343. The number of sulfonamides is 1. The molecule has 0 aliphatic carbocycles. The number of amides is 1. The van der Waals surface area contributed by atoms with Gasteiger partial charge in [0, 0.05) is 12.2 Å². The zero-order valence-corrected chi connectivity index (χ0v) is 23.0. The van der Waals surface area contributed by atoms with Crippen LogP contribution in [0.3, 0.4) is 0 Å². The molecule has 206 valence electrons. The molecule has 0 aromatic heterocycles. The third-order valence-corrected chi connectivity index (χ3v) is 7.77. The Morgan fingerprint density at radius 1 is 0.872 bits per heavy atom. The zero-order chi connectivity index (χ0) is 28.6. The molecule has 0 radical (unpaired) electrons. The van der Waals surface area contributed by atoms with Crippen LogP contribution in [0.2, 0.25) is 5.02 Å². The van der Waals surface area contributed by atoms with Crippen LogP contribution in [-0.4, -0.2) is 65.0 Å². The predicted molar refractivity (Wildman–Crippen MR) is 145 cm³/mol. The maximum absolute atomic E-state index is 13.6. The van der Waals surface area contributed by atoms with Crippen molar-refractivity contribution in [1.82, 2.24) is 4.31 Å². The second-order valence-corrected chi connectivity index (χ2v) is 10.5. The van der Waals surface area contributed by atoms with Gasteiger partial charge in [-0.3, -0.25) is 4.79 Å². The molecule has 0 aliphatic heterocycles. The van der Waals surface area contributed by atoms with Crippen LogP contribution >= 0.6 is 11.6 Å². The molecule has 10 nitrogen and oxygen atoms in total. The highest BCUT2D eigenvalue weighted by atomic mass is 35.5. The summed E-state index contributed by atoms with van der Waals surface area (Å²) < 4.78 is 42.7. The van der Waals surface area contributed by atoms with Crippen molar-refractivity contribution in [2.24, 2.45) is 0 Å². The summed E-state index contributed by atoms with van der Waals surface area (Å²) >= 11 is 6.17. The molecule has 0 unspecified atom stereocenters. The van der Waals surface area contributed by atoms with Gasteiger partial charge in [0.2, 0.25) is 15.9 Å². The topological polar surface area (TPSA) is 128 Å². The smallest absolute Gasteiger partial charge is 0.337 e. The average Bonchev–Trinajstić information content (AvgIpc) is 2.94. The summed E-state index contributed by atoms with van der Waals surface area (Å²) in [7, 11) is -0.418. The number of nitrogens with one attached hydrogen (secondary N) is 1. The van der Waals surface area contributed by atoms with Gasteiger partial charge in [0.25, 0.3) is 0 Å². The van der Waals surface area contributed by atoms with Crippen LogP contribution in [0.4, 0.5) is 5.69 Å². The maximum Gasteiger partial charge on any atom is 0.337 e. The molecule has 39 heavy (non-hydrogen) atoms. The van der Waals surface area contributed by atoms with Gasteiger partial charge in [-0.15, -0.1) is 0 Å². The first-order valence-corrected chi connectivity index (χ1v) is 13.4. The van der Waals surface area contributed by atoms with Crippen LogP contribution in [0.15, 0.2) is 71.6 Å². The fourth-order valence-electron chi connectivity index (χ4n) is 3.67. The number of ether oxygens (including phenoxy) is 3. The third-order valence-electron chi connectivity index (χ3n) is 5.63. The molecule has 0 bridgehead atoms. The summed E-state index contributed by atoms with van der Waals surface area (Å²) in [5.74, 6) is -1.88. The van der Waals surface area contributed by atoms with Gasteiger partial charge in [-0.05, 0) is 48.4 Å². The number of hydrogen-bond acceptors (Lipinski definition) is 8. The minimum Gasteiger partial charge on any atom is -0.495 e. The van der Waals surface area contributed by atoms with Crippen molar-refractivity contribution in [2.45, 2.75) is 11.3 Å². The summed E-state index contributed by atoms with van der Waals surface area (Å²) in [5, 5.41) is 2.65. The van der Waals surface area contributed by atoms with E-state index in [2.05, 4.69) is 5.32 Å². The second kappa shape index (κ2) is 13.2. The lowest BCUT2D eigenvalue weighted by atomic mass is 10.1. The van der Waals surface area contributed by atoms with E-state index in [4.69, 9.17) is 25.8 Å². The number of esters is 2. The first kappa shape index (κ1) is 29.6. The summed E-state index contributed by atoms with van der Waals surface area (Å²) in [5.41, 5.74) is 0.949. The van der Waals surface area contributed by atoms with E-state index in [9.17, 15) is 22.8 Å². The number of benzene rings is 3. The Kier molecular flexibility index (Phi) is 10.0. The van der Waals surface area contributed by atoms with Crippen molar-refractivity contribution < 1.29 is 37.0 Å². The molecule has 0 aliphatic rings. The molecular formula is C27H27ClN2O8S. The van der Waals surface area contributed by atoms with Crippen molar-refractivity contribution in [3.8, 4) is 5.75 Å². The molecule has 0 fully saturated rings. The lowest BCUT2D eigenvalue weighted by molar-refractivity contribution is -0.116. The van der Waals surface area contributed by atoms with Gasteiger partial charge in [-0.1, -0.05) is 41.9 Å². The third kappa shape index (κ3) is 7.56. The minimum atomic E-state index is -4.17. The number of nitrogens with zero attached hydrogens (tertiary/aromatic N) is 1. The molecule has 0 heterocycles. The second-order valence-electron chi connectivity index (χ2n) is 8.20. The molecular weight excluding hydrogens is 548 g/mol. The number of methoxy groups -OCH3 is 3. The molecule has 3 aromatic rings. The first-order chi connectivity index (χ1) is 18.6. The summed E-state index contributed by atoms with van der Waals surface area (Å²) in [6, 6.07) is 17.1. The van der Waals surface area contributed by atoms with Crippen LogP contribution < -0.4 is 10.1 Å². The fraction of sp³-hybridized carbons (Fsp3) is 0.222. The van der Waals surface area contributed by atoms with Crippen LogP contribution in [0.1, 0.15) is 26.3 Å². The molecule has 12 heteroatoms. The highest BCUT2D eigenvalue weighted by Crippen LogP contribution is 2.28. The Balaban J connectivity index is 1.91. The van der Waals surface area contributed by atoms with Gasteiger partial charge < -0.3 is 19.5 Å². The molecule has 0 saturated carbocycles. The standard InChI is InChI=1S/C27H27ClN2O8S/c1-36-24-10-9-22(16-23(24)28)39(34,35)30(12-11-18-7-5-4-6-8-18)17-25(31)29-21-14-19(26(32)37-2)13-20(15-21)27(33)38-3/h4-10,13-16H,11-12,17H2,1-3H3,(H,29,31). The van der Waals surface area contributed by atoms with Gasteiger partial charge in [0.1, 0.15) is 5.75 Å². The maximum atomic E-state index is 13.6. The summed E-state index contributed by atoms with van der Waals surface area (Å²) in [6.07, 6.45) is 0.335. The molecule has 3 rings (SSSR count). The molecule has 0 saturated heterocycles. The molecule has 3 aromatic carbocycles. The highest BCUT2D eigenvalue weighted by Gasteiger charge is 2.28. The average molecular weight is 575 g/mol. The summed E-state index contributed by atoms with van der Waals surface area (Å²) in [6.45, 7) is -0.576. The van der Waals surface area contributed by atoms with Crippen LogP contribution in [0.5, 0.6) is 5.75 Å². The Labute approximate surface area is 231 Å². The normalized spacial score (nSPS) is 11.1. The highest BCUT2D eigenvalue weighted by molar-refractivity contribution is 7.89. The van der Waals surface area contributed by atoms with Gasteiger partial charge in [0.15, 0.2) is 0 Å². The Hall–Kier alpha value is -3.93. The van der Waals surface area contributed by atoms with Crippen molar-refractivity contribution >= 4 is 45.2 Å². The predicted octanol–water partition coefficient (Wildman–Crippen LogP) is 3.79. The largest absolute Gasteiger partial charge is 0.495 e. The number of halogens is 1. The monoisotopic (exact) mass is 574 g/mol. The lowest BCUT2D eigenvalue weighted by Crippen LogP contribution is -2.39. The SMILES string of the molecule is COC(=O)c1cc(NC(=O)CN(CCc2ccccc2)S(=O)(=O)c2ccc(OC)c(Cl)c2)cc(C(=O)OC)c1. The first-order valence-electron chi connectivity index (χ1n) is 11.6. The Bertz CT molecular complexity index is 1430. The van der Waals surface area contributed by atoms with Crippen molar-refractivity contribution in [3.63, 3.8) is 0 Å². The fourth-order valence-corrected chi connectivity index (χ4v) is 5.42. The molecule has 1 amide bonds. The van der Waals surface area contributed by atoms with E-state index in [-0.39, 0.29) is 33.3 Å². The van der Waals surface area contributed by atoms with E-state index < -0.39 is 34.4 Å². The number of anilines is 1. The van der Waals surface area contributed by atoms with Crippen LogP contribution in [0.25, 0.3) is 0 Å². The molecule has 1 N–H and O–H groups in total.